The summed E-state index contributed by atoms with van der Waals surface area (Å²) in [5.74, 6) is 2.15. The van der Waals surface area contributed by atoms with Crippen LogP contribution in [0.3, 0.4) is 0 Å². The summed E-state index contributed by atoms with van der Waals surface area (Å²) in [6.45, 7) is 13.3. The third-order valence-corrected chi connectivity index (χ3v) is 4.42. The van der Waals surface area contributed by atoms with E-state index in [1.165, 1.54) is 43.5 Å². The van der Waals surface area contributed by atoms with Crippen LogP contribution >= 0.6 is 12.4 Å². The predicted molar refractivity (Wildman–Crippen MR) is 97.7 cm³/mol. The van der Waals surface area contributed by atoms with Gasteiger partial charge in [0.25, 0.3) is 0 Å². The quantitative estimate of drug-likeness (QED) is 0.711. The first-order valence-electron chi connectivity index (χ1n) is 8.57. The van der Waals surface area contributed by atoms with Crippen LogP contribution in [0.5, 0.6) is 5.75 Å². The van der Waals surface area contributed by atoms with E-state index in [2.05, 4.69) is 50.8 Å². The summed E-state index contributed by atoms with van der Waals surface area (Å²) in [5, 5.41) is 0. The van der Waals surface area contributed by atoms with Crippen molar-refractivity contribution >= 4 is 12.4 Å². The minimum absolute atomic E-state index is 0. The lowest BCUT2D eigenvalue weighted by atomic mass is 9.94. The topological polar surface area (TPSA) is 12.5 Å². The molecule has 1 aromatic carbocycles. The Balaban J connectivity index is 0.00000242. The van der Waals surface area contributed by atoms with E-state index < -0.39 is 0 Å². The van der Waals surface area contributed by atoms with Crippen LogP contribution in [0.1, 0.15) is 69.9 Å². The Bertz CT molecular complexity index is 413. The van der Waals surface area contributed by atoms with Gasteiger partial charge in [-0.3, -0.25) is 4.90 Å². The Morgan fingerprint density at radius 1 is 0.955 bits per heavy atom. The predicted octanol–water partition coefficient (Wildman–Crippen LogP) is 5.22. The van der Waals surface area contributed by atoms with Crippen LogP contribution in [-0.2, 0) is 0 Å². The maximum atomic E-state index is 6.25. The summed E-state index contributed by atoms with van der Waals surface area (Å²) in [6.07, 6.45) is 4.09. The number of halogens is 1. The first-order chi connectivity index (χ1) is 10.1. The van der Waals surface area contributed by atoms with Crippen molar-refractivity contribution in [3.63, 3.8) is 0 Å². The zero-order valence-electron chi connectivity index (χ0n) is 14.6. The van der Waals surface area contributed by atoms with Crippen LogP contribution in [0.15, 0.2) is 18.2 Å². The van der Waals surface area contributed by atoms with E-state index in [-0.39, 0.29) is 12.4 Å². The van der Waals surface area contributed by atoms with Crippen molar-refractivity contribution in [2.24, 2.45) is 0 Å². The minimum Gasteiger partial charge on any atom is -0.492 e. The van der Waals surface area contributed by atoms with Gasteiger partial charge in [-0.05, 0) is 48.9 Å². The van der Waals surface area contributed by atoms with E-state index in [1.807, 2.05) is 0 Å². The number of likely N-dealkylation sites (tertiary alicyclic amines) is 1. The summed E-state index contributed by atoms with van der Waals surface area (Å²) < 4.78 is 6.25. The van der Waals surface area contributed by atoms with Gasteiger partial charge in [-0.2, -0.15) is 0 Å². The molecule has 1 fully saturated rings. The van der Waals surface area contributed by atoms with E-state index in [4.69, 9.17) is 4.74 Å². The van der Waals surface area contributed by atoms with Crippen LogP contribution in [0.25, 0.3) is 0 Å². The molecule has 0 radical (unpaired) electrons. The molecule has 1 aliphatic rings. The average molecular weight is 326 g/mol. The molecule has 0 N–H and O–H groups in total. The maximum Gasteiger partial charge on any atom is 0.126 e. The van der Waals surface area contributed by atoms with Crippen molar-refractivity contribution < 1.29 is 4.74 Å². The Hall–Kier alpha value is -0.730. The molecule has 0 unspecified atom stereocenters. The summed E-state index contributed by atoms with van der Waals surface area (Å²) in [7, 11) is 0. The molecule has 2 nitrogen and oxygen atoms in total. The summed E-state index contributed by atoms with van der Waals surface area (Å²) in [5.41, 5.74) is 2.69. The highest BCUT2D eigenvalue weighted by molar-refractivity contribution is 5.85. The maximum absolute atomic E-state index is 6.25. The van der Waals surface area contributed by atoms with Crippen LogP contribution in [-0.4, -0.2) is 31.1 Å². The Morgan fingerprint density at radius 3 is 2.00 bits per heavy atom. The van der Waals surface area contributed by atoms with Gasteiger partial charge in [-0.1, -0.05) is 52.3 Å². The first-order valence-corrected chi connectivity index (χ1v) is 8.57. The van der Waals surface area contributed by atoms with Crippen molar-refractivity contribution in [2.45, 2.75) is 58.8 Å². The van der Waals surface area contributed by atoms with Gasteiger partial charge in [0.15, 0.2) is 0 Å². The van der Waals surface area contributed by atoms with E-state index >= 15 is 0 Å². The number of piperidine rings is 1. The third kappa shape index (κ3) is 5.17. The molecule has 0 amide bonds. The van der Waals surface area contributed by atoms with Gasteiger partial charge in [0.2, 0.25) is 0 Å². The van der Waals surface area contributed by atoms with Crippen molar-refractivity contribution in [3.8, 4) is 5.75 Å². The Kier molecular flexibility index (Phi) is 8.27. The number of rotatable bonds is 6. The van der Waals surface area contributed by atoms with Crippen LogP contribution < -0.4 is 4.74 Å². The monoisotopic (exact) mass is 325 g/mol. The lowest BCUT2D eigenvalue weighted by Gasteiger charge is -2.27. The van der Waals surface area contributed by atoms with E-state index in [0.29, 0.717) is 11.8 Å². The molecule has 1 aliphatic heterocycles. The highest BCUT2D eigenvalue weighted by atomic mass is 35.5. The largest absolute Gasteiger partial charge is 0.492 e. The second-order valence-corrected chi connectivity index (χ2v) is 6.83. The molecule has 126 valence electrons. The van der Waals surface area contributed by atoms with Gasteiger partial charge in [-0.25, -0.2) is 0 Å². The normalized spacial score (nSPS) is 15.9. The molecule has 1 heterocycles. The van der Waals surface area contributed by atoms with E-state index in [9.17, 15) is 0 Å². The molecule has 0 bridgehead atoms. The van der Waals surface area contributed by atoms with Gasteiger partial charge in [-0.15, -0.1) is 12.4 Å². The van der Waals surface area contributed by atoms with Gasteiger partial charge in [0.1, 0.15) is 12.4 Å². The van der Waals surface area contributed by atoms with Crippen LogP contribution in [0.4, 0.5) is 0 Å². The molecule has 1 saturated heterocycles. The number of para-hydroxylation sites is 1. The third-order valence-electron chi connectivity index (χ3n) is 4.42. The molecule has 0 saturated carbocycles. The standard InChI is InChI=1S/C19H31NO.ClH/c1-15(2)17-9-8-10-18(16(3)4)19(17)21-14-13-20-11-6-5-7-12-20;/h8-10,15-16H,5-7,11-14H2,1-4H3;1H. The fourth-order valence-corrected chi connectivity index (χ4v) is 3.11. The molecule has 3 heteroatoms. The summed E-state index contributed by atoms with van der Waals surface area (Å²) >= 11 is 0. The number of benzene rings is 1. The van der Waals surface area contributed by atoms with Gasteiger partial charge in [0, 0.05) is 6.54 Å². The molecular formula is C19H32ClNO. The summed E-state index contributed by atoms with van der Waals surface area (Å²) in [6, 6.07) is 6.60. The summed E-state index contributed by atoms with van der Waals surface area (Å²) in [4.78, 5) is 2.54. The first kappa shape index (κ1) is 19.3. The fourth-order valence-electron chi connectivity index (χ4n) is 3.11. The molecule has 0 atom stereocenters. The fraction of sp³-hybridized carbons (Fsp3) is 0.684. The average Bonchev–Trinajstić information content (AvgIpc) is 2.48. The number of ether oxygens (including phenoxy) is 1. The number of nitrogens with zero attached hydrogens (tertiary/aromatic N) is 1. The molecule has 0 aliphatic carbocycles. The number of hydrogen-bond acceptors (Lipinski definition) is 2. The van der Waals surface area contributed by atoms with Crippen molar-refractivity contribution in [1.29, 1.82) is 0 Å². The Morgan fingerprint density at radius 2 is 1.50 bits per heavy atom. The van der Waals surface area contributed by atoms with Crippen LogP contribution in [0, 0.1) is 0 Å². The van der Waals surface area contributed by atoms with Gasteiger partial charge in [0.05, 0.1) is 0 Å². The highest BCUT2D eigenvalue weighted by Gasteiger charge is 2.16. The van der Waals surface area contributed by atoms with Gasteiger partial charge >= 0.3 is 0 Å². The molecule has 22 heavy (non-hydrogen) atoms. The number of hydrogen-bond donors (Lipinski definition) is 0. The second kappa shape index (κ2) is 9.42. The van der Waals surface area contributed by atoms with Crippen molar-refractivity contribution in [1.82, 2.24) is 4.90 Å². The smallest absolute Gasteiger partial charge is 0.126 e. The molecule has 0 aromatic heterocycles. The van der Waals surface area contributed by atoms with Gasteiger partial charge < -0.3 is 4.74 Å². The second-order valence-electron chi connectivity index (χ2n) is 6.83. The highest BCUT2D eigenvalue weighted by Crippen LogP contribution is 2.34. The molecule has 1 aromatic rings. The SMILES string of the molecule is CC(C)c1cccc(C(C)C)c1OCCN1CCCCC1.Cl. The zero-order chi connectivity index (χ0) is 15.2. The Labute approximate surface area is 142 Å². The molecule has 0 spiro atoms. The molecule has 2 rings (SSSR count). The lowest BCUT2D eigenvalue weighted by molar-refractivity contribution is 0.181. The van der Waals surface area contributed by atoms with Crippen molar-refractivity contribution in [2.75, 3.05) is 26.2 Å². The van der Waals surface area contributed by atoms with Crippen LogP contribution in [0.2, 0.25) is 0 Å². The zero-order valence-corrected chi connectivity index (χ0v) is 15.4. The van der Waals surface area contributed by atoms with E-state index in [1.54, 1.807) is 0 Å². The van der Waals surface area contributed by atoms with Crippen molar-refractivity contribution in [3.05, 3.63) is 29.3 Å². The van der Waals surface area contributed by atoms with E-state index in [0.717, 1.165) is 18.9 Å². The lowest BCUT2D eigenvalue weighted by Crippen LogP contribution is -2.33. The molecular weight excluding hydrogens is 294 g/mol. The minimum atomic E-state index is 0.